The lowest BCUT2D eigenvalue weighted by Crippen LogP contribution is -2.08. The number of aliphatic hydroxyl groups excluding tert-OH is 2. The van der Waals surface area contributed by atoms with Crippen LogP contribution < -0.4 is 0 Å². The van der Waals surface area contributed by atoms with Gasteiger partial charge in [-0.2, -0.15) is 0 Å². The summed E-state index contributed by atoms with van der Waals surface area (Å²) in [5, 5.41) is 17.4. The van der Waals surface area contributed by atoms with Crippen LogP contribution in [-0.4, -0.2) is 35.6 Å². The first-order chi connectivity index (χ1) is 4.33. The Morgan fingerprint density at radius 3 is 2.78 bits per heavy atom. The van der Waals surface area contributed by atoms with Crippen LogP contribution in [0.15, 0.2) is 0 Å². The van der Waals surface area contributed by atoms with Gasteiger partial charge in [-0.15, -0.1) is 0 Å². The van der Waals surface area contributed by atoms with Gasteiger partial charge in [0.05, 0.1) is 18.8 Å². The smallest absolute Gasteiger partial charge is 0.0798 e. The van der Waals surface area contributed by atoms with E-state index >= 15 is 0 Å². The fourth-order valence-electron chi connectivity index (χ4n) is 1.03. The molecule has 54 valence electrons. The van der Waals surface area contributed by atoms with Crippen molar-refractivity contribution in [2.75, 3.05) is 13.2 Å². The third-order valence-electron chi connectivity index (χ3n) is 1.51. The van der Waals surface area contributed by atoms with E-state index in [0.717, 1.165) is 0 Å². The molecule has 1 aliphatic heterocycles. The highest BCUT2D eigenvalue weighted by molar-refractivity contribution is 4.71. The van der Waals surface area contributed by atoms with Gasteiger partial charge >= 0.3 is 0 Å². The maximum absolute atomic E-state index is 8.92. The maximum atomic E-state index is 8.92. The molecule has 2 atom stereocenters. The average Bonchev–Trinajstić information content (AvgIpc) is 2.17. The second-order valence-electron chi connectivity index (χ2n) is 2.36. The number of rotatable bonds is 2. The fraction of sp³-hybridized carbons (Fsp3) is 1.00. The van der Waals surface area contributed by atoms with Crippen LogP contribution in [0.5, 0.6) is 0 Å². The highest BCUT2D eigenvalue weighted by atomic mass is 16.5. The van der Waals surface area contributed by atoms with Gasteiger partial charge in [0.2, 0.25) is 0 Å². The summed E-state index contributed by atoms with van der Waals surface area (Å²) in [4.78, 5) is 0. The Bertz CT molecular complexity index is 82.4. The van der Waals surface area contributed by atoms with Gasteiger partial charge < -0.3 is 14.9 Å². The molecule has 0 aliphatic carbocycles. The van der Waals surface area contributed by atoms with Gasteiger partial charge in [-0.25, -0.2) is 0 Å². The van der Waals surface area contributed by atoms with Gasteiger partial charge in [0.15, 0.2) is 0 Å². The third kappa shape index (κ3) is 1.93. The summed E-state index contributed by atoms with van der Waals surface area (Å²) in [6.45, 7) is 0.585. The van der Waals surface area contributed by atoms with Crippen molar-refractivity contribution in [3.63, 3.8) is 0 Å². The van der Waals surface area contributed by atoms with Gasteiger partial charge in [-0.3, -0.25) is 0 Å². The summed E-state index contributed by atoms with van der Waals surface area (Å²) in [7, 11) is 0. The topological polar surface area (TPSA) is 49.7 Å². The molecule has 9 heavy (non-hydrogen) atoms. The van der Waals surface area contributed by atoms with Crippen LogP contribution in [0.25, 0.3) is 0 Å². The van der Waals surface area contributed by atoms with E-state index in [2.05, 4.69) is 0 Å². The number of hydrogen-bond acceptors (Lipinski definition) is 3. The zero-order valence-electron chi connectivity index (χ0n) is 5.29. The molecular weight excluding hydrogens is 120 g/mol. The van der Waals surface area contributed by atoms with Gasteiger partial charge in [0, 0.05) is 13.0 Å². The van der Waals surface area contributed by atoms with Crippen molar-refractivity contribution in [2.45, 2.75) is 25.0 Å². The van der Waals surface area contributed by atoms with Gasteiger partial charge in [0.25, 0.3) is 0 Å². The predicted molar refractivity (Wildman–Crippen MR) is 32.1 cm³/mol. The molecule has 1 heterocycles. The molecule has 0 aromatic carbocycles. The van der Waals surface area contributed by atoms with Crippen LogP contribution >= 0.6 is 0 Å². The maximum Gasteiger partial charge on any atom is 0.0798 e. The molecule has 0 radical (unpaired) electrons. The summed E-state index contributed by atoms with van der Waals surface area (Å²) in [6.07, 6.45) is 1.11. The highest BCUT2D eigenvalue weighted by Gasteiger charge is 2.22. The second-order valence-corrected chi connectivity index (χ2v) is 2.36. The van der Waals surface area contributed by atoms with Crippen molar-refractivity contribution in [3.8, 4) is 0 Å². The average molecular weight is 132 g/mol. The molecule has 0 aromatic rings. The molecule has 1 saturated heterocycles. The first-order valence-corrected chi connectivity index (χ1v) is 3.23. The predicted octanol–water partition coefficient (Wildman–Crippen LogP) is -0.481. The Hall–Kier alpha value is -0.120. The molecule has 1 aliphatic rings. The number of aliphatic hydroxyl groups is 2. The normalized spacial score (nSPS) is 35.3. The van der Waals surface area contributed by atoms with Crippen LogP contribution in [0.3, 0.4) is 0 Å². The van der Waals surface area contributed by atoms with Crippen molar-refractivity contribution in [3.05, 3.63) is 0 Å². The molecule has 3 nitrogen and oxygen atoms in total. The van der Waals surface area contributed by atoms with E-state index in [4.69, 9.17) is 14.9 Å². The Balaban J connectivity index is 2.14. The summed E-state index contributed by atoms with van der Waals surface area (Å²) in [6, 6.07) is 0. The first-order valence-electron chi connectivity index (χ1n) is 3.23. The van der Waals surface area contributed by atoms with E-state index in [1.165, 1.54) is 0 Å². The number of hydrogen-bond donors (Lipinski definition) is 2. The molecule has 0 unspecified atom stereocenters. The van der Waals surface area contributed by atoms with Crippen LogP contribution in [0.2, 0.25) is 0 Å². The molecule has 3 heteroatoms. The van der Waals surface area contributed by atoms with Crippen LogP contribution in [0.4, 0.5) is 0 Å². The minimum absolute atomic E-state index is 0.0880. The molecule has 0 bridgehead atoms. The van der Waals surface area contributed by atoms with Crippen molar-refractivity contribution < 1.29 is 14.9 Å². The van der Waals surface area contributed by atoms with Crippen molar-refractivity contribution in [2.24, 2.45) is 0 Å². The lowest BCUT2D eigenvalue weighted by molar-refractivity contribution is 0.0732. The largest absolute Gasteiger partial charge is 0.396 e. The quantitative estimate of drug-likeness (QED) is 0.533. The molecule has 0 spiro atoms. The second kappa shape index (κ2) is 3.15. The summed E-state index contributed by atoms with van der Waals surface area (Å²) >= 11 is 0. The van der Waals surface area contributed by atoms with Gasteiger partial charge in [0.1, 0.15) is 0 Å². The Morgan fingerprint density at radius 2 is 2.33 bits per heavy atom. The fourth-order valence-corrected chi connectivity index (χ4v) is 1.03. The van der Waals surface area contributed by atoms with E-state index in [0.29, 0.717) is 19.4 Å². The molecule has 1 rings (SSSR count). The zero-order chi connectivity index (χ0) is 6.69. The Labute approximate surface area is 54.3 Å². The number of ether oxygens (including phenoxy) is 1. The highest BCUT2D eigenvalue weighted by Crippen LogP contribution is 2.14. The molecular formula is C6H12O3. The third-order valence-corrected chi connectivity index (χ3v) is 1.51. The lowest BCUT2D eigenvalue weighted by atomic mass is 10.2. The van der Waals surface area contributed by atoms with E-state index < -0.39 is 0 Å². The van der Waals surface area contributed by atoms with Gasteiger partial charge in [-0.1, -0.05) is 0 Å². The monoisotopic (exact) mass is 132 g/mol. The lowest BCUT2D eigenvalue weighted by Gasteiger charge is -2.03. The molecule has 0 aromatic heterocycles. The Kier molecular flexibility index (Phi) is 2.45. The molecule has 0 saturated carbocycles. The summed E-state index contributed by atoms with van der Waals surface area (Å²) in [5.41, 5.74) is 0. The molecule has 0 amide bonds. The van der Waals surface area contributed by atoms with Crippen LogP contribution in [0.1, 0.15) is 12.8 Å². The van der Waals surface area contributed by atoms with Crippen molar-refractivity contribution >= 4 is 0 Å². The first kappa shape index (κ1) is 6.99. The SMILES string of the molecule is OCC[C@@H]1C[C@@H](O)CO1. The molecule has 1 fully saturated rings. The zero-order valence-corrected chi connectivity index (χ0v) is 5.29. The van der Waals surface area contributed by atoms with Crippen LogP contribution in [0, 0.1) is 0 Å². The minimum atomic E-state index is -0.304. The van der Waals surface area contributed by atoms with E-state index in [9.17, 15) is 0 Å². The standard InChI is InChI=1S/C6H12O3/c7-2-1-6-3-5(8)4-9-6/h5-8H,1-4H2/t5-,6-/m1/s1. The van der Waals surface area contributed by atoms with Gasteiger partial charge in [-0.05, 0) is 6.42 Å². The van der Waals surface area contributed by atoms with Crippen molar-refractivity contribution in [1.82, 2.24) is 0 Å². The van der Waals surface area contributed by atoms with Crippen LogP contribution in [-0.2, 0) is 4.74 Å². The van der Waals surface area contributed by atoms with E-state index in [1.807, 2.05) is 0 Å². The summed E-state index contributed by atoms with van der Waals surface area (Å²) < 4.78 is 5.10. The van der Waals surface area contributed by atoms with Crippen molar-refractivity contribution in [1.29, 1.82) is 0 Å². The van der Waals surface area contributed by atoms with E-state index in [1.54, 1.807) is 0 Å². The summed E-state index contributed by atoms with van der Waals surface area (Å²) in [5.74, 6) is 0. The van der Waals surface area contributed by atoms with E-state index in [-0.39, 0.29) is 18.8 Å². The molecule has 2 N–H and O–H groups in total. The minimum Gasteiger partial charge on any atom is -0.396 e. The Morgan fingerprint density at radius 1 is 1.56 bits per heavy atom.